The monoisotopic (exact) mass is 510 g/mol. The molecule has 0 aliphatic heterocycles. The quantitative estimate of drug-likeness (QED) is 0.241. The highest BCUT2D eigenvalue weighted by molar-refractivity contribution is 6.09. The lowest BCUT2D eigenvalue weighted by atomic mass is 9.88. The first-order valence-electron chi connectivity index (χ1n) is 13.4. The second-order valence-corrected chi connectivity index (χ2v) is 11.2. The Morgan fingerprint density at radius 1 is 0.821 bits per heavy atom. The van der Waals surface area contributed by atoms with E-state index < -0.39 is 0 Å². The molecule has 1 unspecified atom stereocenters. The number of fused-ring (bicyclic) bond motifs is 4. The van der Waals surface area contributed by atoms with Crippen LogP contribution >= 0.6 is 0 Å². The molecule has 5 nitrogen and oxygen atoms in total. The molecule has 192 valence electrons. The third kappa shape index (κ3) is 4.11. The van der Waals surface area contributed by atoms with Crippen LogP contribution in [0.3, 0.4) is 0 Å². The third-order valence-corrected chi connectivity index (χ3v) is 7.56. The van der Waals surface area contributed by atoms with Gasteiger partial charge in [0.1, 0.15) is 24.0 Å². The number of benzene rings is 3. The van der Waals surface area contributed by atoms with Crippen molar-refractivity contribution in [3.8, 4) is 11.6 Å². The van der Waals surface area contributed by atoms with Gasteiger partial charge in [-0.1, -0.05) is 57.2 Å². The van der Waals surface area contributed by atoms with Crippen LogP contribution in [0.15, 0.2) is 110 Å². The standard InChI is InChI=1S/C34H30N4O/c1-34(2,3)23-17-18-35-33(19-23)38-30-13-6-4-11-27(30)28-16-15-26(21-32(28)38)39-25-10-8-9-24(20-25)37-22-36-29-12-5-7-14-31(29)37/h4-19,21-22,25H,20H2,1-3H3. The van der Waals surface area contributed by atoms with Gasteiger partial charge in [0.05, 0.1) is 22.1 Å². The van der Waals surface area contributed by atoms with Crippen LogP contribution in [0.25, 0.3) is 44.4 Å². The largest absolute Gasteiger partial charge is 0.486 e. The minimum atomic E-state index is -0.0798. The average molecular weight is 511 g/mol. The molecular weight excluding hydrogens is 480 g/mol. The molecule has 6 aromatic rings. The van der Waals surface area contributed by atoms with Crippen molar-refractivity contribution in [3.63, 3.8) is 0 Å². The third-order valence-electron chi connectivity index (χ3n) is 7.56. The second-order valence-electron chi connectivity index (χ2n) is 11.2. The fourth-order valence-electron chi connectivity index (χ4n) is 5.53. The van der Waals surface area contributed by atoms with E-state index >= 15 is 0 Å². The van der Waals surface area contributed by atoms with Gasteiger partial charge in [-0.25, -0.2) is 9.97 Å². The topological polar surface area (TPSA) is 44.9 Å². The summed E-state index contributed by atoms with van der Waals surface area (Å²) in [5.41, 5.74) is 6.77. The van der Waals surface area contributed by atoms with E-state index in [-0.39, 0.29) is 11.5 Å². The van der Waals surface area contributed by atoms with Crippen molar-refractivity contribution >= 4 is 38.5 Å². The van der Waals surface area contributed by atoms with Gasteiger partial charge in [-0.2, -0.15) is 0 Å². The van der Waals surface area contributed by atoms with E-state index in [9.17, 15) is 0 Å². The Hall–Kier alpha value is -4.64. The van der Waals surface area contributed by atoms with Crippen molar-refractivity contribution in [2.24, 2.45) is 0 Å². The van der Waals surface area contributed by atoms with Crippen LogP contribution in [-0.4, -0.2) is 25.2 Å². The molecule has 3 aromatic heterocycles. The molecule has 0 bridgehead atoms. The van der Waals surface area contributed by atoms with Crippen molar-refractivity contribution in [1.29, 1.82) is 0 Å². The molecule has 0 spiro atoms. The number of para-hydroxylation sites is 3. The van der Waals surface area contributed by atoms with Gasteiger partial charge < -0.3 is 9.30 Å². The Balaban J connectivity index is 1.26. The molecule has 0 N–H and O–H groups in total. The van der Waals surface area contributed by atoms with Crippen LogP contribution < -0.4 is 4.74 Å². The van der Waals surface area contributed by atoms with Crippen LogP contribution in [0.4, 0.5) is 0 Å². The van der Waals surface area contributed by atoms with Gasteiger partial charge >= 0.3 is 0 Å². The summed E-state index contributed by atoms with van der Waals surface area (Å²) in [6, 6.07) is 27.5. The van der Waals surface area contributed by atoms with Gasteiger partial charge in [0, 0.05) is 35.2 Å². The summed E-state index contributed by atoms with van der Waals surface area (Å²) in [6.45, 7) is 6.70. The Morgan fingerprint density at radius 3 is 2.49 bits per heavy atom. The number of aromatic nitrogens is 4. The molecule has 1 atom stereocenters. The lowest BCUT2D eigenvalue weighted by Crippen LogP contribution is -2.18. The first-order valence-corrected chi connectivity index (χ1v) is 13.4. The van der Waals surface area contributed by atoms with Crippen LogP contribution in [0, 0.1) is 0 Å². The minimum absolute atomic E-state index is 0.0316. The summed E-state index contributed by atoms with van der Waals surface area (Å²) < 4.78 is 11.0. The van der Waals surface area contributed by atoms with E-state index in [2.05, 4.69) is 114 Å². The number of hydrogen-bond donors (Lipinski definition) is 0. The van der Waals surface area contributed by atoms with Crippen molar-refractivity contribution in [2.75, 3.05) is 0 Å². The first kappa shape index (κ1) is 23.5. The normalized spacial score (nSPS) is 15.8. The fraction of sp³-hybridized carbons (Fsp3) is 0.176. The van der Waals surface area contributed by atoms with E-state index in [1.165, 1.54) is 16.3 Å². The van der Waals surface area contributed by atoms with E-state index in [1.807, 2.05) is 30.7 Å². The SMILES string of the molecule is CC(C)(C)c1ccnc(-n2c3ccccc3c3ccc(OC4C=CC=C(n5cnc6ccccc65)C4)cc32)c1. The molecule has 39 heavy (non-hydrogen) atoms. The lowest BCUT2D eigenvalue weighted by Gasteiger charge is -2.21. The summed E-state index contributed by atoms with van der Waals surface area (Å²) in [5, 5.41) is 2.39. The lowest BCUT2D eigenvalue weighted by molar-refractivity contribution is 0.253. The highest BCUT2D eigenvalue weighted by Crippen LogP contribution is 2.35. The molecule has 0 saturated carbocycles. The number of hydrogen-bond acceptors (Lipinski definition) is 3. The molecule has 0 fully saturated rings. The molecule has 0 saturated heterocycles. The molecule has 0 amide bonds. The maximum Gasteiger partial charge on any atom is 0.137 e. The summed E-state index contributed by atoms with van der Waals surface area (Å²) in [5.74, 6) is 1.76. The Morgan fingerprint density at radius 2 is 1.62 bits per heavy atom. The highest BCUT2D eigenvalue weighted by atomic mass is 16.5. The zero-order valence-corrected chi connectivity index (χ0v) is 22.4. The zero-order chi connectivity index (χ0) is 26.6. The maximum absolute atomic E-state index is 6.57. The number of pyridine rings is 1. The van der Waals surface area contributed by atoms with Crippen molar-refractivity contribution in [1.82, 2.24) is 19.1 Å². The Kier molecular flexibility index (Phi) is 5.41. The van der Waals surface area contributed by atoms with Gasteiger partial charge in [-0.05, 0) is 65.6 Å². The number of imidazole rings is 1. The predicted molar refractivity (Wildman–Crippen MR) is 159 cm³/mol. The van der Waals surface area contributed by atoms with Gasteiger partial charge in [0.15, 0.2) is 0 Å². The van der Waals surface area contributed by atoms with Crippen LogP contribution in [0.5, 0.6) is 5.75 Å². The van der Waals surface area contributed by atoms with Crippen molar-refractivity contribution in [2.45, 2.75) is 38.7 Å². The highest BCUT2D eigenvalue weighted by Gasteiger charge is 2.20. The molecule has 1 aliphatic carbocycles. The number of ether oxygens (including phenoxy) is 1. The second kappa shape index (κ2) is 8.98. The molecular formula is C34H30N4O. The number of rotatable bonds is 4. The molecule has 5 heteroatoms. The fourth-order valence-corrected chi connectivity index (χ4v) is 5.53. The Labute approximate surface area is 227 Å². The molecule has 3 aromatic carbocycles. The summed E-state index contributed by atoms with van der Waals surface area (Å²) in [6.07, 6.45) is 10.8. The number of nitrogens with zero attached hydrogens (tertiary/aromatic N) is 4. The summed E-state index contributed by atoms with van der Waals surface area (Å²) >= 11 is 0. The summed E-state index contributed by atoms with van der Waals surface area (Å²) in [7, 11) is 0. The van der Waals surface area contributed by atoms with Crippen LogP contribution in [0.2, 0.25) is 0 Å². The molecule has 3 heterocycles. The van der Waals surface area contributed by atoms with Gasteiger partial charge in [-0.3, -0.25) is 4.57 Å². The van der Waals surface area contributed by atoms with Crippen LogP contribution in [0.1, 0.15) is 32.8 Å². The van der Waals surface area contributed by atoms with E-state index in [0.717, 1.165) is 45.8 Å². The van der Waals surface area contributed by atoms with Gasteiger partial charge in [-0.15, -0.1) is 0 Å². The smallest absolute Gasteiger partial charge is 0.137 e. The molecule has 7 rings (SSSR count). The number of allylic oxidation sites excluding steroid dienone is 2. The van der Waals surface area contributed by atoms with Crippen LogP contribution in [-0.2, 0) is 5.41 Å². The van der Waals surface area contributed by atoms with Gasteiger partial charge in [0.25, 0.3) is 0 Å². The Bertz CT molecular complexity index is 1910. The van der Waals surface area contributed by atoms with E-state index in [0.29, 0.717) is 0 Å². The maximum atomic E-state index is 6.57. The van der Waals surface area contributed by atoms with Gasteiger partial charge in [0.2, 0.25) is 0 Å². The predicted octanol–water partition coefficient (Wildman–Crippen LogP) is 8.07. The summed E-state index contributed by atoms with van der Waals surface area (Å²) in [4.78, 5) is 9.37. The van der Waals surface area contributed by atoms with Crippen molar-refractivity contribution < 1.29 is 4.74 Å². The first-order chi connectivity index (χ1) is 19.0. The molecule has 1 aliphatic rings. The minimum Gasteiger partial charge on any atom is -0.486 e. The zero-order valence-electron chi connectivity index (χ0n) is 22.4. The molecule has 0 radical (unpaired) electrons. The van der Waals surface area contributed by atoms with E-state index in [1.54, 1.807) is 0 Å². The van der Waals surface area contributed by atoms with E-state index in [4.69, 9.17) is 9.72 Å². The average Bonchev–Trinajstić information content (AvgIpc) is 3.52. The van der Waals surface area contributed by atoms with Crippen molar-refractivity contribution in [3.05, 3.63) is 115 Å².